The summed E-state index contributed by atoms with van der Waals surface area (Å²) < 4.78 is 24.8. The fourth-order valence-electron chi connectivity index (χ4n) is 3.85. The Morgan fingerprint density at radius 2 is 1.28 bits per heavy atom. The van der Waals surface area contributed by atoms with E-state index in [1.807, 2.05) is 66.7 Å². The minimum atomic E-state index is -3.08. The molecule has 5 heteroatoms. The van der Waals surface area contributed by atoms with Crippen LogP contribution < -0.4 is 0 Å². The molecule has 0 saturated carbocycles. The Labute approximate surface area is 190 Å². The van der Waals surface area contributed by atoms with Crippen LogP contribution >= 0.6 is 0 Å². The number of hydrogen-bond acceptors (Lipinski definition) is 3. The Balaban J connectivity index is 1.36. The van der Waals surface area contributed by atoms with Gasteiger partial charge in [0.2, 0.25) is 0 Å². The van der Waals surface area contributed by atoms with Crippen molar-refractivity contribution < 1.29 is 8.42 Å². The van der Waals surface area contributed by atoms with Gasteiger partial charge in [-0.3, -0.25) is 0 Å². The van der Waals surface area contributed by atoms with E-state index in [0.29, 0.717) is 6.42 Å². The third-order valence-corrected chi connectivity index (χ3v) is 7.14. The van der Waals surface area contributed by atoms with Gasteiger partial charge >= 0.3 is 0 Å². The zero-order chi connectivity index (χ0) is 22.2. The van der Waals surface area contributed by atoms with E-state index in [0.717, 1.165) is 53.2 Å². The molecule has 4 rings (SSSR count). The molecule has 0 unspecified atom stereocenters. The molecule has 0 aliphatic rings. The van der Waals surface area contributed by atoms with Gasteiger partial charge in [0.05, 0.1) is 22.9 Å². The molecule has 4 aromatic rings. The maximum absolute atomic E-state index is 12.4. The molecule has 0 amide bonds. The Kier molecular flexibility index (Phi) is 7.17. The van der Waals surface area contributed by atoms with Gasteiger partial charge in [-0.2, -0.15) is 0 Å². The predicted molar refractivity (Wildman–Crippen MR) is 131 cm³/mol. The normalized spacial score (nSPS) is 11.5. The number of aromatic nitrogens is 2. The molecule has 0 fully saturated rings. The van der Waals surface area contributed by atoms with E-state index < -0.39 is 9.84 Å². The molecule has 0 radical (unpaired) electrons. The average Bonchev–Trinajstić information content (AvgIpc) is 3.24. The summed E-state index contributed by atoms with van der Waals surface area (Å²) in [6, 6.07) is 29.8. The Morgan fingerprint density at radius 3 is 1.94 bits per heavy atom. The van der Waals surface area contributed by atoms with E-state index >= 15 is 0 Å². The maximum atomic E-state index is 12.4. The molecule has 164 valence electrons. The van der Waals surface area contributed by atoms with E-state index in [2.05, 4.69) is 29.2 Å². The van der Waals surface area contributed by atoms with Crippen LogP contribution in [0.5, 0.6) is 0 Å². The van der Waals surface area contributed by atoms with Crippen LogP contribution in [0.2, 0.25) is 0 Å². The second-order valence-electron chi connectivity index (χ2n) is 8.03. The summed E-state index contributed by atoms with van der Waals surface area (Å²) in [6.07, 6.45) is 3.23. The Bertz CT molecular complexity index is 1160. The molecule has 0 atom stereocenters. The summed E-state index contributed by atoms with van der Waals surface area (Å²) in [6.45, 7) is 0. The van der Waals surface area contributed by atoms with Crippen LogP contribution in [-0.4, -0.2) is 24.1 Å². The lowest BCUT2D eigenvalue weighted by molar-refractivity contribution is 0.588. The number of nitrogens with one attached hydrogen (secondary N) is 1. The zero-order valence-electron chi connectivity index (χ0n) is 18.1. The molecule has 0 aliphatic heterocycles. The van der Waals surface area contributed by atoms with Crippen LogP contribution in [0, 0.1) is 0 Å². The molecule has 0 bridgehead atoms. The van der Waals surface area contributed by atoms with Crippen molar-refractivity contribution in [2.75, 3.05) is 5.75 Å². The smallest absolute Gasteiger partial charge is 0.154 e. The van der Waals surface area contributed by atoms with Gasteiger partial charge in [0.1, 0.15) is 5.82 Å². The predicted octanol–water partition coefficient (Wildman–Crippen LogP) is 6.07. The molecule has 32 heavy (non-hydrogen) atoms. The second-order valence-corrected chi connectivity index (χ2v) is 10.2. The number of nitrogens with zero attached hydrogens (tertiary/aromatic N) is 1. The van der Waals surface area contributed by atoms with Gasteiger partial charge in [0.15, 0.2) is 9.84 Å². The van der Waals surface area contributed by atoms with Gasteiger partial charge in [-0.05, 0) is 18.4 Å². The van der Waals surface area contributed by atoms with Gasteiger partial charge in [-0.1, -0.05) is 97.4 Å². The first-order valence-corrected chi connectivity index (χ1v) is 12.9. The molecule has 1 aromatic heterocycles. The van der Waals surface area contributed by atoms with E-state index in [1.54, 1.807) is 0 Å². The van der Waals surface area contributed by atoms with Gasteiger partial charge < -0.3 is 4.98 Å². The minimum absolute atomic E-state index is 0.118. The highest BCUT2D eigenvalue weighted by atomic mass is 32.2. The highest BCUT2D eigenvalue weighted by Crippen LogP contribution is 2.30. The number of imidazole rings is 1. The Morgan fingerprint density at radius 1 is 0.688 bits per heavy atom. The topological polar surface area (TPSA) is 62.8 Å². The average molecular weight is 445 g/mol. The van der Waals surface area contributed by atoms with Crippen molar-refractivity contribution in [2.45, 2.75) is 31.4 Å². The van der Waals surface area contributed by atoms with Crippen molar-refractivity contribution in [1.29, 1.82) is 0 Å². The lowest BCUT2D eigenvalue weighted by atomic mass is 10.1. The van der Waals surface area contributed by atoms with Crippen LogP contribution in [0.4, 0.5) is 0 Å². The van der Waals surface area contributed by atoms with Crippen molar-refractivity contribution in [3.63, 3.8) is 0 Å². The van der Waals surface area contributed by atoms with Gasteiger partial charge in [-0.15, -0.1) is 0 Å². The molecule has 0 spiro atoms. The molecule has 1 N–H and O–H groups in total. The summed E-state index contributed by atoms with van der Waals surface area (Å²) in [5.41, 5.74) is 5.03. The summed E-state index contributed by atoms with van der Waals surface area (Å²) in [7, 11) is -3.08. The van der Waals surface area contributed by atoms with E-state index in [9.17, 15) is 8.42 Å². The first-order valence-electron chi connectivity index (χ1n) is 11.0. The standard InChI is InChI=1S/C27H28N2O2S/c30-32(31,21-22-13-5-1-6-14-22)20-12-4-11-19-25-28-26(23-15-7-2-8-16-23)27(29-25)24-17-9-3-10-18-24/h1-3,5-10,13-18H,4,11-12,19-21H2,(H,28,29). The lowest BCUT2D eigenvalue weighted by Crippen LogP contribution is -2.09. The summed E-state index contributed by atoms with van der Waals surface area (Å²) in [4.78, 5) is 8.39. The van der Waals surface area contributed by atoms with Crippen molar-refractivity contribution in [2.24, 2.45) is 0 Å². The van der Waals surface area contributed by atoms with Gasteiger partial charge in [0, 0.05) is 17.5 Å². The molecule has 0 aliphatic carbocycles. The minimum Gasteiger partial charge on any atom is -0.341 e. The quantitative estimate of drug-likeness (QED) is 0.302. The fraction of sp³-hybridized carbons (Fsp3) is 0.222. The van der Waals surface area contributed by atoms with Crippen LogP contribution in [-0.2, 0) is 22.0 Å². The summed E-state index contributed by atoms with van der Waals surface area (Å²) in [5.74, 6) is 1.28. The van der Waals surface area contributed by atoms with E-state index in [4.69, 9.17) is 4.98 Å². The highest BCUT2D eigenvalue weighted by molar-refractivity contribution is 7.90. The lowest BCUT2D eigenvalue weighted by Gasteiger charge is -2.04. The first-order chi connectivity index (χ1) is 15.6. The van der Waals surface area contributed by atoms with Crippen LogP contribution in [0.1, 0.15) is 30.7 Å². The monoisotopic (exact) mass is 444 g/mol. The number of benzene rings is 3. The number of unbranched alkanes of at least 4 members (excludes halogenated alkanes) is 2. The van der Waals surface area contributed by atoms with Crippen molar-refractivity contribution in [1.82, 2.24) is 9.97 Å². The molecule has 0 saturated heterocycles. The molecule has 3 aromatic carbocycles. The molecular formula is C27H28N2O2S. The van der Waals surface area contributed by atoms with Crippen molar-refractivity contribution >= 4 is 9.84 Å². The fourth-order valence-corrected chi connectivity index (χ4v) is 5.34. The zero-order valence-corrected chi connectivity index (χ0v) is 18.9. The second kappa shape index (κ2) is 10.4. The summed E-state index contributed by atoms with van der Waals surface area (Å²) >= 11 is 0. The third kappa shape index (κ3) is 5.95. The van der Waals surface area contributed by atoms with Crippen molar-refractivity contribution in [3.05, 3.63) is 102 Å². The molecule has 1 heterocycles. The van der Waals surface area contributed by atoms with E-state index in [-0.39, 0.29) is 11.5 Å². The number of rotatable bonds is 10. The molecule has 4 nitrogen and oxygen atoms in total. The number of hydrogen-bond donors (Lipinski definition) is 1. The number of H-pyrrole nitrogens is 1. The Hall–Kier alpha value is -3.18. The van der Waals surface area contributed by atoms with Gasteiger partial charge in [-0.25, -0.2) is 13.4 Å². The highest BCUT2D eigenvalue weighted by Gasteiger charge is 2.14. The first kappa shape index (κ1) is 22.0. The number of aromatic amines is 1. The maximum Gasteiger partial charge on any atom is 0.154 e. The van der Waals surface area contributed by atoms with Gasteiger partial charge in [0.25, 0.3) is 0 Å². The van der Waals surface area contributed by atoms with Crippen LogP contribution in [0.3, 0.4) is 0 Å². The summed E-state index contributed by atoms with van der Waals surface area (Å²) in [5, 5.41) is 0. The van der Waals surface area contributed by atoms with Crippen molar-refractivity contribution in [3.8, 4) is 22.5 Å². The number of aryl methyl sites for hydroxylation is 1. The van der Waals surface area contributed by atoms with E-state index in [1.165, 1.54) is 0 Å². The number of sulfone groups is 1. The SMILES string of the molecule is O=S(=O)(CCCCCc1nc(-c2ccccc2)c(-c2ccccc2)[nH]1)Cc1ccccc1. The van der Waals surface area contributed by atoms with Crippen LogP contribution in [0.15, 0.2) is 91.0 Å². The van der Waals surface area contributed by atoms with Crippen LogP contribution in [0.25, 0.3) is 22.5 Å². The molecular weight excluding hydrogens is 416 g/mol. The largest absolute Gasteiger partial charge is 0.341 e. The third-order valence-electron chi connectivity index (χ3n) is 5.46.